The van der Waals surface area contributed by atoms with Crippen molar-refractivity contribution in [2.75, 3.05) is 20.7 Å². The Morgan fingerprint density at radius 3 is 2.77 bits per heavy atom. The summed E-state index contributed by atoms with van der Waals surface area (Å²) in [6.07, 6.45) is 1.99. The lowest BCUT2D eigenvalue weighted by atomic mass is 10.1. The lowest BCUT2D eigenvalue weighted by molar-refractivity contribution is -0.135. The number of hydrogen-bond acceptors (Lipinski definition) is 3. The summed E-state index contributed by atoms with van der Waals surface area (Å²) < 4.78 is 6.42. The number of methoxy groups -OCH3 is 1. The van der Waals surface area contributed by atoms with Crippen LogP contribution in [-0.4, -0.2) is 42.5 Å². The third-order valence-electron chi connectivity index (χ3n) is 4.90. The van der Waals surface area contributed by atoms with Gasteiger partial charge in [-0.15, -0.1) is 0 Å². The number of carbonyl (C=O) groups excluding carboxylic acids is 1. The normalized spacial score (nSPS) is 17.3. The van der Waals surface area contributed by atoms with Gasteiger partial charge in [0.1, 0.15) is 5.75 Å². The molecule has 0 aromatic heterocycles. The molecule has 1 heterocycles. The minimum absolute atomic E-state index is 0.0432. The Labute approximate surface area is 163 Å². The molecule has 2 aromatic rings. The van der Waals surface area contributed by atoms with E-state index in [2.05, 4.69) is 33.0 Å². The van der Waals surface area contributed by atoms with Gasteiger partial charge < -0.3 is 9.64 Å². The molecule has 0 N–H and O–H groups in total. The van der Waals surface area contributed by atoms with Crippen molar-refractivity contribution >= 4 is 21.8 Å². The molecule has 2 aromatic carbocycles. The van der Waals surface area contributed by atoms with Crippen molar-refractivity contribution in [1.29, 1.82) is 0 Å². The van der Waals surface area contributed by atoms with E-state index in [1.54, 1.807) is 7.11 Å². The highest BCUT2D eigenvalue weighted by molar-refractivity contribution is 9.10. The van der Waals surface area contributed by atoms with Crippen LogP contribution in [0.1, 0.15) is 24.0 Å². The topological polar surface area (TPSA) is 32.8 Å². The maximum Gasteiger partial charge on any atom is 0.239 e. The fourth-order valence-electron chi connectivity index (χ4n) is 3.57. The summed E-state index contributed by atoms with van der Waals surface area (Å²) >= 11 is 3.50. The van der Waals surface area contributed by atoms with Crippen molar-refractivity contribution in [2.24, 2.45) is 0 Å². The van der Waals surface area contributed by atoms with Gasteiger partial charge in [-0.1, -0.05) is 46.3 Å². The third kappa shape index (κ3) is 4.46. The molecule has 1 saturated heterocycles. The van der Waals surface area contributed by atoms with E-state index in [4.69, 9.17) is 4.74 Å². The van der Waals surface area contributed by atoms with E-state index >= 15 is 0 Å². The first kappa shape index (κ1) is 18.9. The van der Waals surface area contributed by atoms with Crippen LogP contribution in [0.2, 0.25) is 0 Å². The predicted molar refractivity (Wildman–Crippen MR) is 107 cm³/mol. The van der Waals surface area contributed by atoms with Crippen LogP contribution in [0.4, 0.5) is 0 Å². The first-order valence-electron chi connectivity index (χ1n) is 8.94. The van der Waals surface area contributed by atoms with Crippen LogP contribution in [0.25, 0.3) is 0 Å². The highest BCUT2D eigenvalue weighted by Gasteiger charge is 2.32. The number of amides is 1. The first-order chi connectivity index (χ1) is 12.6. The Morgan fingerprint density at radius 1 is 1.27 bits per heavy atom. The first-order valence-corrected chi connectivity index (χ1v) is 9.73. The molecule has 4 nitrogen and oxygen atoms in total. The third-order valence-corrected chi connectivity index (χ3v) is 5.40. The second kappa shape index (κ2) is 8.69. The smallest absolute Gasteiger partial charge is 0.239 e. The van der Waals surface area contributed by atoms with Gasteiger partial charge in [0.05, 0.1) is 13.2 Å². The molecule has 1 fully saturated rings. The van der Waals surface area contributed by atoms with Gasteiger partial charge in [0.2, 0.25) is 5.91 Å². The van der Waals surface area contributed by atoms with E-state index in [9.17, 15) is 4.79 Å². The van der Waals surface area contributed by atoms with Crippen LogP contribution in [-0.2, 0) is 17.9 Å². The molecule has 1 unspecified atom stereocenters. The summed E-state index contributed by atoms with van der Waals surface area (Å²) in [5.41, 5.74) is 2.26. The van der Waals surface area contributed by atoms with E-state index in [1.807, 2.05) is 48.3 Å². The zero-order valence-corrected chi connectivity index (χ0v) is 16.9. The minimum Gasteiger partial charge on any atom is -0.496 e. The minimum atomic E-state index is -0.0432. The molecule has 1 atom stereocenters. The predicted octanol–water partition coefficient (Wildman–Crippen LogP) is 4.08. The summed E-state index contributed by atoms with van der Waals surface area (Å²) in [4.78, 5) is 17.2. The maximum absolute atomic E-state index is 13.1. The Bertz CT molecular complexity index is 751. The number of benzene rings is 2. The SMILES string of the molecule is COc1ccc(Br)cc1CN(C)C(=O)C1CCCN1Cc1ccccc1. The standard InChI is InChI=1S/C21H25BrN2O2/c1-23(15-17-13-18(22)10-11-20(17)26-2)21(25)19-9-6-12-24(19)14-16-7-4-3-5-8-16/h3-5,7-8,10-11,13,19H,6,9,12,14-15H2,1-2H3. The zero-order chi connectivity index (χ0) is 18.5. The number of carbonyl (C=O) groups is 1. The molecule has 1 aliphatic heterocycles. The monoisotopic (exact) mass is 416 g/mol. The lowest BCUT2D eigenvalue weighted by Crippen LogP contribution is -2.43. The quantitative estimate of drug-likeness (QED) is 0.710. The molecule has 0 spiro atoms. The van der Waals surface area contributed by atoms with E-state index < -0.39 is 0 Å². The van der Waals surface area contributed by atoms with E-state index in [1.165, 1.54) is 5.56 Å². The van der Waals surface area contributed by atoms with Crippen molar-refractivity contribution in [3.63, 3.8) is 0 Å². The van der Waals surface area contributed by atoms with Gasteiger partial charge >= 0.3 is 0 Å². The van der Waals surface area contributed by atoms with Gasteiger partial charge in [-0.3, -0.25) is 9.69 Å². The number of rotatable bonds is 6. The Hall–Kier alpha value is -1.85. The number of ether oxygens (including phenoxy) is 1. The Morgan fingerprint density at radius 2 is 2.04 bits per heavy atom. The van der Waals surface area contributed by atoms with Crippen molar-refractivity contribution in [3.8, 4) is 5.75 Å². The number of halogens is 1. The zero-order valence-electron chi connectivity index (χ0n) is 15.3. The largest absolute Gasteiger partial charge is 0.496 e. The molecule has 138 valence electrons. The van der Waals surface area contributed by atoms with Crippen LogP contribution in [0.3, 0.4) is 0 Å². The van der Waals surface area contributed by atoms with Gasteiger partial charge in [0, 0.05) is 30.2 Å². The van der Waals surface area contributed by atoms with E-state index in [0.29, 0.717) is 6.54 Å². The molecule has 26 heavy (non-hydrogen) atoms. The maximum atomic E-state index is 13.1. The van der Waals surface area contributed by atoms with Crippen molar-refractivity contribution in [3.05, 3.63) is 64.1 Å². The molecule has 0 radical (unpaired) electrons. The second-order valence-electron chi connectivity index (χ2n) is 6.76. The number of likely N-dealkylation sites (tertiary alicyclic amines) is 1. The number of nitrogens with zero attached hydrogens (tertiary/aromatic N) is 2. The number of hydrogen-bond donors (Lipinski definition) is 0. The highest BCUT2D eigenvalue weighted by Crippen LogP contribution is 2.26. The van der Waals surface area contributed by atoms with E-state index in [-0.39, 0.29) is 11.9 Å². The van der Waals surface area contributed by atoms with Crippen LogP contribution < -0.4 is 4.74 Å². The molecule has 0 aliphatic carbocycles. The molecule has 0 saturated carbocycles. The van der Waals surface area contributed by atoms with Crippen molar-refractivity contribution < 1.29 is 9.53 Å². The van der Waals surface area contributed by atoms with Crippen molar-refractivity contribution in [2.45, 2.75) is 32.0 Å². The fraction of sp³-hybridized carbons (Fsp3) is 0.381. The summed E-state index contributed by atoms with van der Waals surface area (Å²) in [7, 11) is 3.54. The molecule has 0 bridgehead atoms. The van der Waals surface area contributed by atoms with Gasteiger partial charge in [-0.05, 0) is 43.1 Å². The van der Waals surface area contributed by atoms with Crippen LogP contribution in [0.15, 0.2) is 53.0 Å². The van der Waals surface area contributed by atoms with Crippen molar-refractivity contribution in [1.82, 2.24) is 9.80 Å². The molecular weight excluding hydrogens is 392 g/mol. The fourth-order valence-corrected chi connectivity index (χ4v) is 3.98. The summed E-state index contributed by atoms with van der Waals surface area (Å²) in [6.45, 7) is 2.34. The lowest BCUT2D eigenvalue weighted by Gasteiger charge is -2.28. The van der Waals surface area contributed by atoms with Gasteiger partial charge in [-0.2, -0.15) is 0 Å². The summed E-state index contributed by atoms with van der Waals surface area (Å²) in [5, 5.41) is 0. The van der Waals surface area contributed by atoms with Crippen LogP contribution in [0, 0.1) is 0 Å². The summed E-state index contributed by atoms with van der Waals surface area (Å²) in [6, 6.07) is 16.2. The highest BCUT2D eigenvalue weighted by atomic mass is 79.9. The van der Waals surface area contributed by atoms with Crippen LogP contribution in [0.5, 0.6) is 5.75 Å². The molecular formula is C21H25BrN2O2. The molecule has 3 rings (SSSR count). The number of likely N-dealkylation sites (N-methyl/N-ethyl adjacent to an activating group) is 1. The van der Waals surface area contributed by atoms with Crippen LogP contribution >= 0.6 is 15.9 Å². The molecule has 5 heteroatoms. The Kier molecular flexibility index (Phi) is 6.33. The average molecular weight is 417 g/mol. The average Bonchev–Trinajstić information content (AvgIpc) is 3.10. The Balaban J connectivity index is 1.68. The molecule has 1 amide bonds. The van der Waals surface area contributed by atoms with Gasteiger partial charge in [0.25, 0.3) is 0 Å². The van der Waals surface area contributed by atoms with Gasteiger partial charge in [-0.25, -0.2) is 0 Å². The summed E-state index contributed by atoms with van der Waals surface area (Å²) in [5.74, 6) is 0.987. The van der Waals surface area contributed by atoms with E-state index in [0.717, 1.165) is 41.7 Å². The second-order valence-corrected chi connectivity index (χ2v) is 7.68. The molecule has 1 aliphatic rings. The van der Waals surface area contributed by atoms with Gasteiger partial charge in [0.15, 0.2) is 0 Å².